The van der Waals surface area contributed by atoms with Crippen LogP contribution in [-0.4, -0.2) is 4.57 Å². The monoisotopic (exact) mass is 443 g/mol. The largest absolute Gasteiger partial charge is 0.309 e. The summed E-state index contributed by atoms with van der Waals surface area (Å²) >= 11 is 6.61. The molecule has 0 spiro atoms. The van der Waals surface area contributed by atoms with Crippen molar-refractivity contribution >= 4 is 44.2 Å². The summed E-state index contributed by atoms with van der Waals surface area (Å²) < 4.78 is 2.39. The molecule has 0 unspecified atom stereocenters. The first kappa shape index (κ1) is 19.0. The van der Waals surface area contributed by atoms with Gasteiger partial charge in [-0.1, -0.05) is 74.0 Å². The molecule has 0 saturated carbocycles. The molecule has 0 atom stereocenters. The molecule has 6 aromatic rings. The molecule has 2 heteroatoms. The summed E-state index contributed by atoms with van der Waals surface area (Å²) in [5.74, 6) is 0. The minimum atomic E-state index is -0.0781. The molecule has 1 nitrogen and oxygen atoms in total. The van der Waals surface area contributed by atoms with Gasteiger partial charge in [-0.3, -0.25) is 0 Å². The molecule has 0 aliphatic heterocycles. The second kappa shape index (κ2) is 6.50. The molecule has 0 radical (unpaired) electrons. The average Bonchev–Trinajstić information content (AvgIpc) is 3.27. The summed E-state index contributed by atoms with van der Waals surface area (Å²) in [6.07, 6.45) is 0. The van der Waals surface area contributed by atoms with E-state index in [1.165, 1.54) is 55.1 Å². The molecule has 33 heavy (non-hydrogen) atoms. The summed E-state index contributed by atoms with van der Waals surface area (Å²) in [7, 11) is 0. The molecule has 0 amide bonds. The van der Waals surface area contributed by atoms with Gasteiger partial charge in [0.15, 0.2) is 0 Å². The molecule has 0 N–H and O–H groups in total. The Morgan fingerprint density at radius 1 is 0.606 bits per heavy atom. The molecule has 1 aliphatic rings. The van der Waals surface area contributed by atoms with Crippen LogP contribution in [0.25, 0.3) is 49.4 Å². The van der Waals surface area contributed by atoms with E-state index in [0.717, 1.165) is 10.4 Å². The molecule has 0 bridgehead atoms. The van der Waals surface area contributed by atoms with Crippen LogP contribution in [0.15, 0.2) is 97.1 Å². The summed E-state index contributed by atoms with van der Waals surface area (Å²) in [6.45, 7) is 4.69. The Morgan fingerprint density at radius 3 is 2.18 bits per heavy atom. The van der Waals surface area contributed by atoms with Crippen LogP contribution in [0.3, 0.4) is 0 Å². The summed E-state index contributed by atoms with van der Waals surface area (Å²) in [4.78, 5) is 0. The first-order chi connectivity index (χ1) is 16.0. The van der Waals surface area contributed by atoms with Crippen LogP contribution >= 0.6 is 11.6 Å². The maximum atomic E-state index is 6.61. The van der Waals surface area contributed by atoms with Crippen LogP contribution in [0.5, 0.6) is 0 Å². The maximum Gasteiger partial charge on any atom is 0.0547 e. The van der Waals surface area contributed by atoms with Gasteiger partial charge in [-0.2, -0.15) is 0 Å². The van der Waals surface area contributed by atoms with Gasteiger partial charge < -0.3 is 4.57 Å². The second-order valence-electron chi connectivity index (χ2n) is 9.59. The smallest absolute Gasteiger partial charge is 0.0547 e. The summed E-state index contributed by atoms with van der Waals surface area (Å²) in [5.41, 5.74) is 8.94. The SMILES string of the molecule is CC1(C)c2cc3cccc(Cl)c3cc2-c2cc3c(cc21)c1ccccc1n3-c1ccccc1. The van der Waals surface area contributed by atoms with Crippen LogP contribution in [0, 0.1) is 0 Å². The predicted octanol–water partition coefficient (Wildman–Crippen LogP) is 8.90. The highest BCUT2D eigenvalue weighted by atomic mass is 35.5. The number of fused-ring (bicyclic) bond motifs is 7. The van der Waals surface area contributed by atoms with Gasteiger partial charge in [0, 0.05) is 32.3 Å². The summed E-state index contributed by atoms with van der Waals surface area (Å²) in [5, 5.41) is 5.72. The van der Waals surface area contributed by atoms with E-state index in [0.29, 0.717) is 0 Å². The quantitative estimate of drug-likeness (QED) is 0.239. The Labute approximate surface area is 197 Å². The molecule has 0 fully saturated rings. The molecule has 158 valence electrons. The van der Waals surface area contributed by atoms with E-state index in [1.807, 2.05) is 12.1 Å². The van der Waals surface area contributed by atoms with Crippen LogP contribution in [-0.2, 0) is 5.41 Å². The van der Waals surface area contributed by atoms with E-state index in [1.54, 1.807) is 0 Å². The lowest BCUT2D eigenvalue weighted by Crippen LogP contribution is -2.14. The Morgan fingerprint density at radius 2 is 1.33 bits per heavy atom. The standard InChI is InChI=1S/C31H22ClN/c1-31(2)26-15-19-9-8-13-28(32)22(19)16-23(26)24-18-30-25(17-27(24)31)21-12-6-7-14-29(21)33(30)20-10-4-3-5-11-20/h3-18H,1-2H3. The van der Waals surface area contributed by atoms with E-state index >= 15 is 0 Å². The molecule has 1 heterocycles. The van der Waals surface area contributed by atoms with Gasteiger partial charge in [0.2, 0.25) is 0 Å². The number of halogens is 1. The number of rotatable bonds is 1. The number of para-hydroxylation sites is 2. The van der Waals surface area contributed by atoms with E-state index in [2.05, 4.69) is 103 Å². The third kappa shape index (κ3) is 2.49. The first-order valence-electron chi connectivity index (χ1n) is 11.4. The fourth-order valence-electron chi connectivity index (χ4n) is 5.78. The highest BCUT2D eigenvalue weighted by molar-refractivity contribution is 6.35. The van der Waals surface area contributed by atoms with Gasteiger partial charge in [0.25, 0.3) is 0 Å². The van der Waals surface area contributed by atoms with E-state index in [4.69, 9.17) is 11.6 Å². The zero-order chi connectivity index (χ0) is 22.3. The van der Waals surface area contributed by atoms with Crippen LogP contribution in [0.2, 0.25) is 5.02 Å². The van der Waals surface area contributed by atoms with Gasteiger partial charge in [-0.15, -0.1) is 0 Å². The minimum absolute atomic E-state index is 0.0781. The fraction of sp³-hybridized carbons (Fsp3) is 0.0968. The topological polar surface area (TPSA) is 4.93 Å². The predicted molar refractivity (Wildman–Crippen MR) is 141 cm³/mol. The minimum Gasteiger partial charge on any atom is -0.309 e. The van der Waals surface area contributed by atoms with E-state index in [9.17, 15) is 0 Å². The molecular weight excluding hydrogens is 422 g/mol. The third-order valence-corrected chi connectivity index (χ3v) is 7.76. The highest BCUT2D eigenvalue weighted by Crippen LogP contribution is 2.52. The molecular formula is C31H22ClN. The fourth-order valence-corrected chi connectivity index (χ4v) is 6.02. The zero-order valence-corrected chi connectivity index (χ0v) is 19.3. The van der Waals surface area contributed by atoms with Gasteiger partial charge in [0.05, 0.1) is 11.0 Å². The first-order valence-corrected chi connectivity index (χ1v) is 11.8. The lowest BCUT2D eigenvalue weighted by atomic mass is 9.81. The molecule has 5 aromatic carbocycles. The van der Waals surface area contributed by atoms with Crippen LogP contribution in [0.1, 0.15) is 25.0 Å². The Balaban J connectivity index is 1.63. The normalized spacial score (nSPS) is 14.2. The Bertz CT molecular complexity index is 1740. The van der Waals surface area contributed by atoms with Crippen LogP contribution in [0.4, 0.5) is 0 Å². The lowest BCUT2D eigenvalue weighted by molar-refractivity contribution is 0.662. The van der Waals surface area contributed by atoms with Crippen molar-refractivity contribution in [2.24, 2.45) is 0 Å². The number of hydrogen-bond acceptors (Lipinski definition) is 0. The van der Waals surface area contributed by atoms with Crippen molar-refractivity contribution in [3.05, 3.63) is 113 Å². The van der Waals surface area contributed by atoms with Gasteiger partial charge in [-0.25, -0.2) is 0 Å². The van der Waals surface area contributed by atoms with Gasteiger partial charge >= 0.3 is 0 Å². The van der Waals surface area contributed by atoms with E-state index < -0.39 is 0 Å². The molecule has 1 aliphatic carbocycles. The third-order valence-electron chi connectivity index (χ3n) is 7.43. The molecule has 7 rings (SSSR count). The van der Waals surface area contributed by atoms with Gasteiger partial charge in [0.1, 0.15) is 0 Å². The lowest BCUT2D eigenvalue weighted by Gasteiger charge is -2.22. The Kier molecular flexibility index (Phi) is 3.73. The zero-order valence-electron chi connectivity index (χ0n) is 18.6. The van der Waals surface area contributed by atoms with Crippen molar-refractivity contribution in [3.63, 3.8) is 0 Å². The average molecular weight is 444 g/mol. The maximum absolute atomic E-state index is 6.61. The number of aromatic nitrogens is 1. The second-order valence-corrected chi connectivity index (χ2v) is 9.99. The molecule has 0 saturated heterocycles. The van der Waals surface area contributed by atoms with Crippen molar-refractivity contribution in [2.75, 3.05) is 0 Å². The number of benzene rings is 5. The van der Waals surface area contributed by atoms with Crippen molar-refractivity contribution in [3.8, 4) is 16.8 Å². The van der Waals surface area contributed by atoms with Crippen molar-refractivity contribution < 1.29 is 0 Å². The molecule has 1 aromatic heterocycles. The van der Waals surface area contributed by atoms with Crippen molar-refractivity contribution in [1.29, 1.82) is 0 Å². The number of nitrogens with zero attached hydrogens (tertiary/aromatic N) is 1. The number of hydrogen-bond donors (Lipinski definition) is 0. The Hall–Kier alpha value is -3.55. The van der Waals surface area contributed by atoms with Gasteiger partial charge in [-0.05, 0) is 76.2 Å². The van der Waals surface area contributed by atoms with Crippen LogP contribution < -0.4 is 0 Å². The van der Waals surface area contributed by atoms with Crippen molar-refractivity contribution in [1.82, 2.24) is 4.57 Å². The van der Waals surface area contributed by atoms with Crippen molar-refractivity contribution in [2.45, 2.75) is 19.3 Å². The summed E-state index contributed by atoms with van der Waals surface area (Å²) in [6, 6.07) is 35.0. The highest BCUT2D eigenvalue weighted by Gasteiger charge is 2.36. The van der Waals surface area contributed by atoms with E-state index in [-0.39, 0.29) is 5.41 Å².